The topological polar surface area (TPSA) is 57.9 Å². The summed E-state index contributed by atoms with van der Waals surface area (Å²) in [5.41, 5.74) is 2.18. The molecule has 0 amide bonds. The van der Waals surface area contributed by atoms with Gasteiger partial charge in [-0.2, -0.15) is 9.64 Å². The van der Waals surface area contributed by atoms with E-state index in [4.69, 9.17) is 21.6 Å². The Kier molecular flexibility index (Phi) is 4.25. The molecule has 2 aromatic rings. The normalized spacial score (nSPS) is 10.0. The number of ether oxygens (including phenoxy) is 1. The molecule has 19 heavy (non-hydrogen) atoms. The summed E-state index contributed by atoms with van der Waals surface area (Å²) >= 11 is 7.43. The van der Waals surface area contributed by atoms with E-state index in [1.807, 2.05) is 25.1 Å². The van der Waals surface area contributed by atoms with Crippen molar-refractivity contribution in [2.75, 3.05) is 12.4 Å². The van der Waals surface area contributed by atoms with Gasteiger partial charge in [0.05, 0.1) is 12.8 Å². The van der Waals surface area contributed by atoms with Gasteiger partial charge in [-0.05, 0) is 30.6 Å². The van der Waals surface area contributed by atoms with Crippen molar-refractivity contribution in [3.63, 3.8) is 0 Å². The van der Waals surface area contributed by atoms with E-state index in [0.717, 1.165) is 22.0 Å². The minimum Gasteiger partial charge on any atom is -0.496 e. The fourth-order valence-corrected chi connectivity index (χ4v) is 2.67. The third kappa shape index (κ3) is 2.80. The van der Waals surface area contributed by atoms with Gasteiger partial charge >= 0.3 is 0 Å². The largest absolute Gasteiger partial charge is 0.496 e. The molecule has 0 unspecified atom stereocenters. The maximum atomic E-state index is 9.07. The fourth-order valence-electron chi connectivity index (χ4n) is 1.69. The Morgan fingerprint density at radius 3 is 3.00 bits per heavy atom. The van der Waals surface area contributed by atoms with Gasteiger partial charge in [-0.25, -0.2) is 0 Å². The van der Waals surface area contributed by atoms with Crippen LogP contribution in [0.25, 0.3) is 0 Å². The summed E-state index contributed by atoms with van der Waals surface area (Å²) in [6.45, 7) is 2.30. The summed E-state index contributed by atoms with van der Waals surface area (Å²) in [6.07, 6.45) is 0. The first-order valence-electron chi connectivity index (χ1n) is 5.59. The molecule has 0 atom stereocenters. The number of rotatable bonds is 4. The van der Waals surface area contributed by atoms with Gasteiger partial charge < -0.3 is 10.1 Å². The summed E-state index contributed by atoms with van der Waals surface area (Å²) in [6, 6.07) is 7.64. The van der Waals surface area contributed by atoms with Crippen LogP contribution in [0, 0.1) is 18.3 Å². The number of benzene rings is 1. The van der Waals surface area contributed by atoms with Crippen molar-refractivity contribution in [2.45, 2.75) is 13.5 Å². The zero-order valence-electron chi connectivity index (χ0n) is 10.5. The van der Waals surface area contributed by atoms with Gasteiger partial charge in [-0.15, -0.1) is 0 Å². The van der Waals surface area contributed by atoms with Crippen LogP contribution >= 0.6 is 23.1 Å². The van der Waals surface area contributed by atoms with Crippen LogP contribution in [0.3, 0.4) is 0 Å². The van der Waals surface area contributed by atoms with Gasteiger partial charge in [0, 0.05) is 17.1 Å². The average Bonchev–Trinajstić information content (AvgIpc) is 2.77. The van der Waals surface area contributed by atoms with Gasteiger partial charge in [0.25, 0.3) is 0 Å². The number of methoxy groups -OCH3 is 1. The first-order chi connectivity index (χ1) is 9.17. The number of nitriles is 1. The Balaban J connectivity index is 2.22. The van der Waals surface area contributed by atoms with E-state index in [1.54, 1.807) is 7.11 Å². The highest BCUT2D eigenvalue weighted by Gasteiger charge is 2.12. The lowest BCUT2D eigenvalue weighted by Gasteiger charge is -2.11. The molecule has 0 fully saturated rings. The lowest BCUT2D eigenvalue weighted by atomic mass is 10.2. The number of halogens is 1. The van der Waals surface area contributed by atoms with Crippen LogP contribution in [-0.2, 0) is 6.54 Å². The van der Waals surface area contributed by atoms with Crippen LogP contribution in [-0.4, -0.2) is 11.5 Å². The number of nitrogens with one attached hydrogen (secondary N) is 1. The van der Waals surface area contributed by atoms with E-state index in [2.05, 4.69) is 15.8 Å². The predicted octanol–water partition coefficient (Wildman–Crippen LogP) is 3.60. The van der Waals surface area contributed by atoms with Gasteiger partial charge in [0.2, 0.25) is 0 Å². The highest BCUT2D eigenvalue weighted by Crippen LogP contribution is 2.29. The molecule has 1 aromatic carbocycles. The number of hydrogen-bond donors (Lipinski definition) is 1. The number of hydrogen-bond acceptors (Lipinski definition) is 5. The summed E-state index contributed by atoms with van der Waals surface area (Å²) < 4.78 is 9.43. The maximum Gasteiger partial charge on any atom is 0.127 e. The molecule has 0 aliphatic heterocycles. The van der Waals surface area contributed by atoms with Crippen molar-refractivity contribution in [1.82, 2.24) is 4.37 Å². The van der Waals surface area contributed by atoms with E-state index in [0.29, 0.717) is 17.1 Å². The van der Waals surface area contributed by atoms with Crippen LogP contribution in [0.5, 0.6) is 5.75 Å². The van der Waals surface area contributed by atoms with Crippen molar-refractivity contribution in [1.29, 1.82) is 5.26 Å². The molecule has 0 aliphatic carbocycles. The molecule has 0 spiro atoms. The molecule has 2 rings (SSSR count). The van der Waals surface area contributed by atoms with Crippen molar-refractivity contribution in [3.8, 4) is 11.8 Å². The minimum absolute atomic E-state index is 0.485. The molecule has 1 N–H and O–H groups in total. The van der Waals surface area contributed by atoms with Crippen LogP contribution in [0.1, 0.15) is 16.8 Å². The molecule has 6 heteroatoms. The van der Waals surface area contributed by atoms with Crippen LogP contribution in [0.4, 0.5) is 5.00 Å². The molecule has 0 saturated carbocycles. The van der Waals surface area contributed by atoms with E-state index in [9.17, 15) is 0 Å². The number of anilines is 1. The Morgan fingerprint density at radius 2 is 2.32 bits per heavy atom. The standard InChI is InChI=1S/C13H12ClN3OS/c1-8-9(6-15)13(19-17-8)16-7-10-11(14)4-3-5-12(10)18-2/h3-5,16H,7H2,1-2H3. The smallest absolute Gasteiger partial charge is 0.127 e. The molecule has 0 aliphatic rings. The Labute approximate surface area is 120 Å². The Hall–Kier alpha value is -1.77. The molecule has 0 bridgehead atoms. The molecule has 98 valence electrons. The summed E-state index contributed by atoms with van der Waals surface area (Å²) in [5.74, 6) is 0.722. The second-order valence-electron chi connectivity index (χ2n) is 3.86. The van der Waals surface area contributed by atoms with Crippen molar-refractivity contribution in [3.05, 3.63) is 40.0 Å². The monoisotopic (exact) mass is 293 g/mol. The molecular formula is C13H12ClN3OS. The van der Waals surface area contributed by atoms with Gasteiger partial charge in [0.1, 0.15) is 22.4 Å². The Morgan fingerprint density at radius 1 is 1.53 bits per heavy atom. The highest BCUT2D eigenvalue weighted by atomic mass is 35.5. The molecule has 1 aromatic heterocycles. The molecular weight excluding hydrogens is 282 g/mol. The fraction of sp³-hybridized carbons (Fsp3) is 0.231. The van der Waals surface area contributed by atoms with E-state index < -0.39 is 0 Å². The van der Waals surface area contributed by atoms with E-state index >= 15 is 0 Å². The zero-order chi connectivity index (χ0) is 13.8. The third-order valence-corrected chi connectivity index (χ3v) is 3.95. The first-order valence-corrected chi connectivity index (χ1v) is 6.74. The molecule has 1 heterocycles. The Bertz CT molecular complexity index is 633. The molecule has 0 radical (unpaired) electrons. The molecule has 4 nitrogen and oxygen atoms in total. The van der Waals surface area contributed by atoms with Crippen molar-refractivity contribution in [2.24, 2.45) is 0 Å². The van der Waals surface area contributed by atoms with E-state index in [1.165, 1.54) is 11.5 Å². The van der Waals surface area contributed by atoms with E-state index in [-0.39, 0.29) is 0 Å². The number of nitrogens with zero attached hydrogens (tertiary/aromatic N) is 2. The second-order valence-corrected chi connectivity index (χ2v) is 5.04. The summed E-state index contributed by atoms with van der Waals surface area (Å²) in [4.78, 5) is 0. The highest BCUT2D eigenvalue weighted by molar-refractivity contribution is 7.10. The van der Waals surface area contributed by atoms with Crippen LogP contribution in [0.15, 0.2) is 18.2 Å². The van der Waals surface area contributed by atoms with Crippen molar-refractivity contribution >= 4 is 28.1 Å². The molecule has 0 saturated heterocycles. The predicted molar refractivity (Wildman–Crippen MR) is 76.9 cm³/mol. The zero-order valence-corrected chi connectivity index (χ0v) is 12.1. The minimum atomic E-state index is 0.485. The second kappa shape index (κ2) is 5.91. The lowest BCUT2D eigenvalue weighted by molar-refractivity contribution is 0.410. The average molecular weight is 294 g/mol. The van der Waals surface area contributed by atoms with Crippen molar-refractivity contribution < 1.29 is 4.74 Å². The van der Waals surface area contributed by atoms with Crippen LogP contribution in [0.2, 0.25) is 5.02 Å². The number of aryl methyl sites for hydroxylation is 1. The van der Waals surface area contributed by atoms with Gasteiger partial charge in [-0.3, -0.25) is 0 Å². The maximum absolute atomic E-state index is 9.07. The lowest BCUT2D eigenvalue weighted by Crippen LogP contribution is -2.02. The van der Waals surface area contributed by atoms with Gasteiger partial charge in [0.15, 0.2) is 0 Å². The SMILES string of the molecule is COc1cccc(Cl)c1CNc1snc(C)c1C#N. The third-order valence-electron chi connectivity index (χ3n) is 2.70. The summed E-state index contributed by atoms with van der Waals surface area (Å²) in [5, 5.41) is 13.6. The quantitative estimate of drug-likeness (QED) is 0.936. The summed E-state index contributed by atoms with van der Waals surface area (Å²) in [7, 11) is 1.60. The number of aromatic nitrogens is 1. The van der Waals surface area contributed by atoms with Gasteiger partial charge in [-0.1, -0.05) is 17.7 Å². The first kappa shape index (κ1) is 13.7. The van der Waals surface area contributed by atoms with Crippen LogP contribution < -0.4 is 10.1 Å².